The molecule has 0 radical (unpaired) electrons. The van der Waals surface area contributed by atoms with E-state index in [9.17, 15) is 9.90 Å². The third kappa shape index (κ3) is 5.32. The van der Waals surface area contributed by atoms with Crippen LogP contribution in [0.25, 0.3) is 0 Å². The molecule has 0 unspecified atom stereocenters. The molecule has 0 aromatic heterocycles. The van der Waals surface area contributed by atoms with Crippen LogP contribution >= 0.6 is 0 Å². The van der Waals surface area contributed by atoms with Gasteiger partial charge in [0.1, 0.15) is 17.2 Å². The SMILES string of the molecule is COc1ccc(OC)c([C@@H](C)NC(=O)C[NH+]2CCN(c3ccc(O)cc3)CC2)c1. The van der Waals surface area contributed by atoms with Crippen LogP contribution in [-0.2, 0) is 4.79 Å². The molecule has 1 fully saturated rings. The second kappa shape index (κ2) is 9.52. The van der Waals surface area contributed by atoms with Gasteiger partial charge in [0.05, 0.1) is 46.4 Å². The highest BCUT2D eigenvalue weighted by Crippen LogP contribution is 2.29. The van der Waals surface area contributed by atoms with E-state index in [0.717, 1.165) is 48.9 Å². The quantitative estimate of drug-likeness (QED) is 0.646. The Bertz CT molecular complexity index is 817. The Balaban J connectivity index is 1.52. The Kier molecular flexibility index (Phi) is 6.82. The third-order valence-corrected chi connectivity index (χ3v) is 5.38. The number of hydrogen-bond acceptors (Lipinski definition) is 5. The molecule has 2 aromatic carbocycles. The molecule has 0 spiro atoms. The number of benzene rings is 2. The Hall–Kier alpha value is -2.93. The van der Waals surface area contributed by atoms with Crippen molar-refractivity contribution in [2.75, 3.05) is 51.8 Å². The van der Waals surface area contributed by atoms with Crippen molar-refractivity contribution in [1.82, 2.24) is 5.32 Å². The number of rotatable bonds is 7. The van der Waals surface area contributed by atoms with Gasteiger partial charge in [-0.15, -0.1) is 0 Å². The van der Waals surface area contributed by atoms with Crippen LogP contribution in [0.3, 0.4) is 0 Å². The number of amides is 1. The normalized spacial score (nSPS) is 15.6. The monoisotopic (exact) mass is 400 g/mol. The molecule has 3 N–H and O–H groups in total. The third-order valence-electron chi connectivity index (χ3n) is 5.38. The Labute approximate surface area is 171 Å². The number of hydrogen-bond donors (Lipinski definition) is 3. The number of anilines is 1. The number of carbonyl (C=O) groups is 1. The predicted octanol–water partition coefficient (Wildman–Crippen LogP) is 0.992. The van der Waals surface area contributed by atoms with E-state index in [1.54, 1.807) is 26.4 Å². The van der Waals surface area contributed by atoms with Crippen LogP contribution in [-0.4, -0.2) is 58.0 Å². The van der Waals surface area contributed by atoms with E-state index in [2.05, 4.69) is 10.2 Å². The summed E-state index contributed by atoms with van der Waals surface area (Å²) in [6.45, 7) is 5.95. The van der Waals surface area contributed by atoms with Crippen LogP contribution < -0.4 is 24.6 Å². The molecule has 1 amide bonds. The topological polar surface area (TPSA) is 75.5 Å². The number of phenols is 1. The standard InChI is InChI=1S/C22H29N3O4/c1-16(20-14-19(28-2)8-9-21(20)29-3)23-22(27)15-24-10-12-25(13-11-24)17-4-6-18(26)7-5-17/h4-9,14,16,26H,10-13,15H2,1-3H3,(H,23,27)/p+1/t16-/m1/s1. The van der Waals surface area contributed by atoms with Crippen LogP contribution in [0.1, 0.15) is 18.5 Å². The summed E-state index contributed by atoms with van der Waals surface area (Å²) in [6.07, 6.45) is 0. The molecule has 0 saturated carbocycles. The van der Waals surface area contributed by atoms with E-state index in [1.165, 1.54) is 4.90 Å². The lowest BCUT2D eigenvalue weighted by atomic mass is 10.1. The van der Waals surface area contributed by atoms with E-state index < -0.39 is 0 Å². The van der Waals surface area contributed by atoms with Gasteiger partial charge in [0.15, 0.2) is 6.54 Å². The maximum Gasteiger partial charge on any atom is 0.275 e. The van der Waals surface area contributed by atoms with Crippen LogP contribution in [0.4, 0.5) is 5.69 Å². The number of aromatic hydroxyl groups is 1. The largest absolute Gasteiger partial charge is 0.508 e. The van der Waals surface area contributed by atoms with Gasteiger partial charge in [-0.1, -0.05) is 0 Å². The fourth-order valence-corrected chi connectivity index (χ4v) is 3.70. The molecular formula is C22H30N3O4+. The Morgan fingerprint density at radius 1 is 1.14 bits per heavy atom. The number of ether oxygens (including phenoxy) is 2. The molecule has 1 aliphatic heterocycles. The van der Waals surface area contributed by atoms with E-state index in [-0.39, 0.29) is 17.7 Å². The van der Waals surface area contributed by atoms with Gasteiger partial charge in [0.25, 0.3) is 5.91 Å². The van der Waals surface area contributed by atoms with Crippen molar-refractivity contribution in [1.29, 1.82) is 0 Å². The second-order valence-corrected chi connectivity index (χ2v) is 7.33. The maximum atomic E-state index is 12.6. The van der Waals surface area contributed by atoms with Crippen molar-refractivity contribution >= 4 is 11.6 Å². The number of phenolic OH excluding ortho intramolecular Hbond substituents is 1. The number of carbonyl (C=O) groups excluding carboxylic acids is 1. The van der Waals surface area contributed by atoms with Gasteiger partial charge in [0, 0.05) is 11.3 Å². The van der Waals surface area contributed by atoms with E-state index in [4.69, 9.17) is 9.47 Å². The van der Waals surface area contributed by atoms with Crippen molar-refractivity contribution in [2.45, 2.75) is 13.0 Å². The molecule has 7 heteroatoms. The minimum atomic E-state index is -0.176. The molecule has 1 atom stereocenters. The molecule has 2 aromatic rings. The van der Waals surface area contributed by atoms with Crippen molar-refractivity contribution in [2.24, 2.45) is 0 Å². The lowest BCUT2D eigenvalue weighted by Gasteiger charge is -2.33. The number of nitrogens with zero attached hydrogens (tertiary/aromatic N) is 1. The predicted molar refractivity (Wildman–Crippen MR) is 112 cm³/mol. The lowest BCUT2D eigenvalue weighted by molar-refractivity contribution is -0.892. The molecule has 1 heterocycles. The molecule has 3 rings (SSSR count). The maximum absolute atomic E-state index is 12.6. The van der Waals surface area contributed by atoms with E-state index in [1.807, 2.05) is 37.3 Å². The van der Waals surface area contributed by atoms with Gasteiger partial charge in [0.2, 0.25) is 0 Å². The first-order valence-electron chi connectivity index (χ1n) is 9.89. The van der Waals surface area contributed by atoms with Crippen molar-refractivity contribution in [3.63, 3.8) is 0 Å². The minimum absolute atomic E-state index is 0.0236. The summed E-state index contributed by atoms with van der Waals surface area (Å²) in [5.41, 5.74) is 2.00. The van der Waals surface area contributed by atoms with Gasteiger partial charge >= 0.3 is 0 Å². The molecule has 7 nitrogen and oxygen atoms in total. The first-order chi connectivity index (χ1) is 14.0. The molecule has 0 aliphatic carbocycles. The number of piperazine rings is 1. The number of nitrogens with one attached hydrogen (secondary N) is 2. The van der Waals surface area contributed by atoms with E-state index in [0.29, 0.717) is 6.54 Å². The Morgan fingerprint density at radius 3 is 2.45 bits per heavy atom. The zero-order valence-electron chi connectivity index (χ0n) is 17.3. The summed E-state index contributed by atoms with van der Waals surface area (Å²) in [7, 11) is 3.24. The fraction of sp³-hybridized carbons (Fsp3) is 0.409. The van der Waals surface area contributed by atoms with Gasteiger partial charge < -0.3 is 29.7 Å². The second-order valence-electron chi connectivity index (χ2n) is 7.33. The molecule has 0 bridgehead atoms. The van der Waals surface area contributed by atoms with Gasteiger partial charge in [-0.3, -0.25) is 4.79 Å². The van der Waals surface area contributed by atoms with Crippen LogP contribution in [0.5, 0.6) is 17.2 Å². The van der Waals surface area contributed by atoms with Crippen LogP contribution in [0.15, 0.2) is 42.5 Å². The first kappa shape index (κ1) is 20.8. The van der Waals surface area contributed by atoms with Gasteiger partial charge in [-0.2, -0.15) is 0 Å². The zero-order chi connectivity index (χ0) is 20.8. The number of methoxy groups -OCH3 is 2. The molecule has 29 heavy (non-hydrogen) atoms. The summed E-state index contributed by atoms with van der Waals surface area (Å²) in [4.78, 5) is 16.1. The van der Waals surface area contributed by atoms with Gasteiger partial charge in [-0.25, -0.2) is 0 Å². The average molecular weight is 400 g/mol. The first-order valence-corrected chi connectivity index (χ1v) is 9.89. The van der Waals surface area contributed by atoms with Crippen molar-refractivity contribution in [3.05, 3.63) is 48.0 Å². The summed E-state index contributed by atoms with van der Waals surface area (Å²) in [5, 5.41) is 12.5. The van der Waals surface area contributed by atoms with Crippen molar-refractivity contribution < 1.29 is 24.3 Å². The molecule has 156 valence electrons. The Morgan fingerprint density at radius 2 is 1.83 bits per heavy atom. The highest BCUT2D eigenvalue weighted by Gasteiger charge is 2.24. The number of quaternary nitrogens is 1. The highest BCUT2D eigenvalue weighted by molar-refractivity contribution is 5.77. The van der Waals surface area contributed by atoms with E-state index >= 15 is 0 Å². The smallest absolute Gasteiger partial charge is 0.275 e. The molecule has 1 saturated heterocycles. The average Bonchev–Trinajstić information content (AvgIpc) is 2.74. The summed E-state index contributed by atoms with van der Waals surface area (Å²) in [5.74, 6) is 1.76. The molecular weight excluding hydrogens is 370 g/mol. The highest BCUT2D eigenvalue weighted by atomic mass is 16.5. The van der Waals surface area contributed by atoms with Crippen LogP contribution in [0.2, 0.25) is 0 Å². The zero-order valence-corrected chi connectivity index (χ0v) is 17.3. The summed E-state index contributed by atoms with van der Waals surface area (Å²) in [6, 6.07) is 12.7. The van der Waals surface area contributed by atoms with Crippen molar-refractivity contribution in [3.8, 4) is 17.2 Å². The summed E-state index contributed by atoms with van der Waals surface area (Å²) < 4.78 is 10.7. The fourth-order valence-electron chi connectivity index (χ4n) is 3.70. The van der Waals surface area contributed by atoms with Crippen LogP contribution in [0, 0.1) is 0 Å². The molecule has 1 aliphatic rings. The minimum Gasteiger partial charge on any atom is -0.508 e. The lowest BCUT2D eigenvalue weighted by Crippen LogP contribution is -3.15. The van der Waals surface area contributed by atoms with Gasteiger partial charge in [-0.05, 0) is 49.4 Å². The summed E-state index contributed by atoms with van der Waals surface area (Å²) >= 11 is 0.